The van der Waals surface area contributed by atoms with Gasteiger partial charge >= 0.3 is 6.18 Å². The zero-order chi connectivity index (χ0) is 15.8. The molecule has 21 heavy (non-hydrogen) atoms. The summed E-state index contributed by atoms with van der Waals surface area (Å²) in [7, 11) is 1.43. The third kappa shape index (κ3) is 2.87. The molecule has 1 aromatic heterocycles. The average molecular weight is 309 g/mol. The molecule has 0 aliphatic rings. The molecule has 0 aliphatic heterocycles. The van der Waals surface area contributed by atoms with Gasteiger partial charge < -0.3 is 5.32 Å². The Morgan fingerprint density at radius 2 is 1.71 bits per heavy atom. The first-order valence-electron chi connectivity index (χ1n) is 5.69. The highest BCUT2D eigenvalue weighted by Crippen LogP contribution is 2.34. The van der Waals surface area contributed by atoms with Gasteiger partial charge in [-0.2, -0.15) is 18.3 Å². The third-order valence-corrected chi connectivity index (χ3v) is 2.70. The molecule has 1 heterocycles. The molecule has 2 aromatic rings. The SMILES string of the molecule is CNCc1cnn(-c2cc(F)c(F)cc2F)c1C(F)(F)F. The highest BCUT2D eigenvalue weighted by molar-refractivity contribution is 5.38. The van der Waals surface area contributed by atoms with Gasteiger partial charge in [0.25, 0.3) is 0 Å². The fourth-order valence-electron chi connectivity index (χ4n) is 1.86. The first-order chi connectivity index (χ1) is 9.75. The van der Waals surface area contributed by atoms with Gasteiger partial charge in [-0.25, -0.2) is 17.9 Å². The van der Waals surface area contributed by atoms with Crippen LogP contribution in [0.4, 0.5) is 26.3 Å². The second-order valence-electron chi connectivity index (χ2n) is 4.18. The van der Waals surface area contributed by atoms with Crippen LogP contribution in [0.1, 0.15) is 11.3 Å². The Morgan fingerprint density at radius 3 is 2.29 bits per heavy atom. The number of rotatable bonds is 3. The molecule has 9 heteroatoms. The number of alkyl halides is 3. The van der Waals surface area contributed by atoms with E-state index in [0.29, 0.717) is 6.07 Å². The predicted octanol–water partition coefficient (Wildman–Crippen LogP) is 3.03. The molecule has 0 saturated carbocycles. The summed E-state index contributed by atoms with van der Waals surface area (Å²) in [6.45, 7) is -0.167. The Balaban J connectivity index is 2.67. The largest absolute Gasteiger partial charge is 0.433 e. The lowest BCUT2D eigenvalue weighted by molar-refractivity contribution is -0.143. The molecular formula is C12H9F6N3. The molecule has 0 aliphatic carbocycles. The molecule has 0 radical (unpaired) electrons. The number of nitrogens with one attached hydrogen (secondary N) is 1. The molecule has 0 unspecified atom stereocenters. The summed E-state index contributed by atoms with van der Waals surface area (Å²) in [4.78, 5) is 0. The van der Waals surface area contributed by atoms with Crippen LogP contribution < -0.4 is 5.32 Å². The second kappa shape index (κ2) is 5.40. The second-order valence-corrected chi connectivity index (χ2v) is 4.18. The van der Waals surface area contributed by atoms with Crippen LogP contribution in [0.25, 0.3) is 5.69 Å². The number of benzene rings is 1. The van der Waals surface area contributed by atoms with Crippen LogP contribution in [0.15, 0.2) is 18.3 Å². The highest BCUT2D eigenvalue weighted by Gasteiger charge is 2.39. The van der Waals surface area contributed by atoms with Crippen molar-refractivity contribution in [3.8, 4) is 5.69 Å². The third-order valence-electron chi connectivity index (χ3n) is 2.70. The number of halogens is 6. The maximum Gasteiger partial charge on any atom is 0.433 e. The van der Waals surface area contributed by atoms with Gasteiger partial charge in [0.1, 0.15) is 5.69 Å². The van der Waals surface area contributed by atoms with Crippen molar-refractivity contribution in [3.05, 3.63) is 47.0 Å². The molecule has 0 fully saturated rings. The Hall–Kier alpha value is -2.03. The van der Waals surface area contributed by atoms with Crippen LogP contribution in [0.5, 0.6) is 0 Å². The molecule has 0 spiro atoms. The van der Waals surface area contributed by atoms with E-state index >= 15 is 0 Å². The van der Waals surface area contributed by atoms with E-state index in [4.69, 9.17) is 0 Å². The fraction of sp³-hybridized carbons (Fsp3) is 0.250. The highest BCUT2D eigenvalue weighted by atomic mass is 19.4. The molecule has 0 bridgehead atoms. The number of nitrogens with zero attached hydrogens (tertiary/aromatic N) is 2. The van der Waals surface area contributed by atoms with Gasteiger partial charge in [-0.3, -0.25) is 0 Å². The zero-order valence-electron chi connectivity index (χ0n) is 10.6. The summed E-state index contributed by atoms with van der Waals surface area (Å²) in [5, 5.41) is 5.95. The lowest BCUT2D eigenvalue weighted by Gasteiger charge is -2.13. The van der Waals surface area contributed by atoms with Crippen molar-refractivity contribution < 1.29 is 26.3 Å². The van der Waals surface area contributed by atoms with E-state index in [0.717, 1.165) is 6.20 Å². The van der Waals surface area contributed by atoms with Crippen LogP contribution in [0.2, 0.25) is 0 Å². The van der Waals surface area contributed by atoms with Gasteiger partial charge in [-0.05, 0) is 7.05 Å². The number of aromatic nitrogens is 2. The van der Waals surface area contributed by atoms with Crippen molar-refractivity contribution in [3.63, 3.8) is 0 Å². The smallest absolute Gasteiger partial charge is 0.316 e. The molecule has 0 atom stereocenters. The standard InChI is InChI=1S/C12H9F6N3/c1-19-4-6-5-20-21(11(6)12(16,17)18)10-3-8(14)7(13)2-9(10)15/h2-3,5,19H,4H2,1H3. The van der Waals surface area contributed by atoms with Crippen LogP contribution in [0, 0.1) is 17.5 Å². The maximum atomic E-state index is 13.6. The van der Waals surface area contributed by atoms with Crippen LogP contribution in [-0.4, -0.2) is 16.8 Å². The summed E-state index contributed by atoms with van der Waals surface area (Å²) >= 11 is 0. The lowest BCUT2D eigenvalue weighted by atomic mass is 10.2. The van der Waals surface area contributed by atoms with Crippen molar-refractivity contribution >= 4 is 0 Å². The average Bonchev–Trinajstić information content (AvgIpc) is 2.78. The minimum absolute atomic E-state index is 0.167. The van der Waals surface area contributed by atoms with Gasteiger partial charge in [0, 0.05) is 24.2 Å². The molecule has 3 nitrogen and oxygen atoms in total. The first-order valence-corrected chi connectivity index (χ1v) is 5.69. The Labute approximate surface area is 115 Å². The quantitative estimate of drug-likeness (QED) is 0.698. The topological polar surface area (TPSA) is 29.9 Å². The summed E-state index contributed by atoms with van der Waals surface area (Å²) in [6, 6.07) is 0.500. The van der Waals surface area contributed by atoms with E-state index in [9.17, 15) is 26.3 Å². The van der Waals surface area contributed by atoms with E-state index < -0.39 is 35.0 Å². The normalized spacial score (nSPS) is 12.0. The van der Waals surface area contributed by atoms with Gasteiger partial charge in [0.2, 0.25) is 0 Å². The van der Waals surface area contributed by atoms with Crippen molar-refractivity contribution in [1.29, 1.82) is 0 Å². The molecule has 114 valence electrons. The van der Waals surface area contributed by atoms with Crippen molar-refractivity contribution in [2.45, 2.75) is 12.7 Å². The Kier molecular flexibility index (Phi) is 3.95. The van der Waals surface area contributed by atoms with Gasteiger partial charge in [0.05, 0.1) is 6.20 Å². The van der Waals surface area contributed by atoms with Gasteiger partial charge in [-0.15, -0.1) is 0 Å². The fourth-order valence-corrected chi connectivity index (χ4v) is 1.86. The number of hydrogen-bond donors (Lipinski definition) is 1. The van der Waals surface area contributed by atoms with Crippen LogP contribution in [-0.2, 0) is 12.7 Å². The zero-order valence-corrected chi connectivity index (χ0v) is 10.6. The monoisotopic (exact) mass is 309 g/mol. The van der Waals surface area contributed by atoms with Crippen molar-refractivity contribution in [2.24, 2.45) is 0 Å². The minimum Gasteiger partial charge on any atom is -0.316 e. The molecule has 0 saturated heterocycles. The van der Waals surface area contributed by atoms with Gasteiger partial charge in [0.15, 0.2) is 23.1 Å². The van der Waals surface area contributed by atoms with E-state index in [1.54, 1.807) is 0 Å². The molecule has 2 rings (SSSR count). The molecule has 1 N–H and O–H groups in total. The van der Waals surface area contributed by atoms with E-state index in [2.05, 4.69) is 10.4 Å². The first kappa shape index (κ1) is 15.4. The minimum atomic E-state index is -4.83. The summed E-state index contributed by atoms with van der Waals surface area (Å²) < 4.78 is 79.1. The van der Waals surface area contributed by atoms with Crippen molar-refractivity contribution in [1.82, 2.24) is 15.1 Å². The summed E-state index contributed by atoms with van der Waals surface area (Å²) in [5.74, 6) is -4.31. The predicted molar refractivity (Wildman–Crippen MR) is 61.2 cm³/mol. The molecule has 0 amide bonds. The van der Waals surface area contributed by atoms with Crippen molar-refractivity contribution in [2.75, 3.05) is 7.05 Å². The Bertz CT molecular complexity index is 662. The van der Waals surface area contributed by atoms with E-state index in [1.165, 1.54) is 7.05 Å². The molecule has 1 aromatic carbocycles. The summed E-state index contributed by atoms with van der Waals surface area (Å²) in [6.07, 6.45) is -3.94. The van der Waals surface area contributed by atoms with Gasteiger partial charge in [-0.1, -0.05) is 0 Å². The van der Waals surface area contributed by atoms with Crippen LogP contribution in [0.3, 0.4) is 0 Å². The number of hydrogen-bond acceptors (Lipinski definition) is 2. The van der Waals surface area contributed by atoms with E-state index in [1.807, 2.05) is 0 Å². The lowest BCUT2D eigenvalue weighted by Crippen LogP contribution is -2.18. The Morgan fingerprint density at radius 1 is 1.10 bits per heavy atom. The van der Waals surface area contributed by atoms with E-state index in [-0.39, 0.29) is 22.9 Å². The summed E-state index contributed by atoms with van der Waals surface area (Å²) in [5.41, 5.74) is -2.31. The van der Waals surface area contributed by atoms with Crippen LogP contribution >= 0.6 is 0 Å². The molecular weight excluding hydrogens is 300 g/mol. The maximum absolute atomic E-state index is 13.6.